The smallest absolute Gasteiger partial charge is 0.256 e. The number of anilines is 1. The highest BCUT2D eigenvalue weighted by atomic mass is 79.9. The maximum Gasteiger partial charge on any atom is 0.256 e. The summed E-state index contributed by atoms with van der Waals surface area (Å²) in [5, 5.41) is 8.41. The highest BCUT2D eigenvalue weighted by Gasteiger charge is 2.43. The van der Waals surface area contributed by atoms with Crippen molar-refractivity contribution in [3.05, 3.63) is 53.6 Å². The molecular formula is C22H26BrN7O2. The number of nitrogens with zero attached hydrogens (tertiary/aromatic N) is 7. The number of rotatable bonds is 4. The first kappa shape index (κ1) is 22.2. The predicted octanol–water partition coefficient (Wildman–Crippen LogP) is 2.47. The lowest BCUT2D eigenvalue weighted by atomic mass is 10.0. The van der Waals surface area contributed by atoms with Gasteiger partial charge in [-0.2, -0.15) is 15.0 Å². The number of likely N-dealkylation sites (tertiary alicyclic amines) is 1. The van der Waals surface area contributed by atoms with Crippen LogP contribution in [0.2, 0.25) is 0 Å². The molecule has 168 valence electrons. The highest BCUT2D eigenvalue weighted by molar-refractivity contribution is 8.93. The summed E-state index contributed by atoms with van der Waals surface area (Å²) in [5.74, 6) is 2.28. The number of hydrogen-bond acceptors (Lipinski definition) is 7. The molecule has 32 heavy (non-hydrogen) atoms. The van der Waals surface area contributed by atoms with E-state index in [1.807, 2.05) is 24.8 Å². The van der Waals surface area contributed by atoms with E-state index in [0.717, 1.165) is 43.5 Å². The van der Waals surface area contributed by atoms with Crippen molar-refractivity contribution in [1.29, 1.82) is 0 Å². The summed E-state index contributed by atoms with van der Waals surface area (Å²) in [6.07, 6.45) is 3.19. The number of carbonyl (C=O) groups is 1. The number of carbonyl (C=O) groups excluding carboxylic acids is 1. The third-order valence-corrected chi connectivity index (χ3v) is 6.10. The zero-order chi connectivity index (χ0) is 21.5. The van der Waals surface area contributed by atoms with Gasteiger partial charge in [-0.25, -0.2) is 9.97 Å². The van der Waals surface area contributed by atoms with Gasteiger partial charge in [0.05, 0.1) is 25.1 Å². The van der Waals surface area contributed by atoms with Gasteiger partial charge in [-0.05, 0) is 32.0 Å². The second kappa shape index (κ2) is 8.85. The summed E-state index contributed by atoms with van der Waals surface area (Å²) in [7, 11) is 1.60. The number of fused-ring (bicyclic) bond motifs is 1. The Balaban J connectivity index is 0.00000245. The van der Waals surface area contributed by atoms with Gasteiger partial charge < -0.3 is 14.5 Å². The third kappa shape index (κ3) is 4.06. The van der Waals surface area contributed by atoms with Crippen LogP contribution in [0, 0.1) is 25.7 Å². The fourth-order valence-electron chi connectivity index (χ4n) is 4.67. The number of halogens is 1. The van der Waals surface area contributed by atoms with Gasteiger partial charge in [-0.1, -0.05) is 0 Å². The van der Waals surface area contributed by atoms with Crippen LogP contribution in [0.5, 0.6) is 5.75 Å². The van der Waals surface area contributed by atoms with Crippen molar-refractivity contribution >= 4 is 28.8 Å². The molecule has 2 aromatic heterocycles. The predicted molar refractivity (Wildman–Crippen MR) is 125 cm³/mol. The number of hydrogen-bond donors (Lipinski definition) is 0. The average molecular weight is 500 g/mol. The first-order valence-electron chi connectivity index (χ1n) is 10.4. The maximum atomic E-state index is 13.4. The summed E-state index contributed by atoms with van der Waals surface area (Å²) < 4.78 is 5.33. The molecule has 0 radical (unpaired) electrons. The normalized spacial score (nSPS) is 19.6. The SMILES string of the molecule is Br.COc1ccc(C(=O)N2CC3CN(c4nc(C)cc(C)n4)CC3C2)c(-n2nccn2)c1. The molecule has 4 heterocycles. The van der Waals surface area contributed by atoms with Crippen molar-refractivity contribution in [2.24, 2.45) is 11.8 Å². The van der Waals surface area contributed by atoms with Crippen LogP contribution in [0.15, 0.2) is 36.7 Å². The Labute approximate surface area is 197 Å². The Morgan fingerprint density at radius 1 is 0.969 bits per heavy atom. The molecule has 1 aromatic carbocycles. The van der Waals surface area contributed by atoms with Gasteiger partial charge in [0.2, 0.25) is 5.95 Å². The molecule has 10 heteroatoms. The van der Waals surface area contributed by atoms with E-state index < -0.39 is 0 Å². The van der Waals surface area contributed by atoms with Crippen molar-refractivity contribution < 1.29 is 9.53 Å². The molecule has 0 spiro atoms. The summed E-state index contributed by atoms with van der Waals surface area (Å²) in [4.78, 5) is 28.3. The molecule has 2 aliphatic rings. The molecule has 2 unspecified atom stereocenters. The molecule has 2 atom stereocenters. The van der Waals surface area contributed by atoms with E-state index >= 15 is 0 Å². The van der Waals surface area contributed by atoms with Crippen molar-refractivity contribution in [3.8, 4) is 11.4 Å². The molecule has 2 aliphatic heterocycles. The monoisotopic (exact) mass is 499 g/mol. The van der Waals surface area contributed by atoms with Crippen LogP contribution in [0.25, 0.3) is 5.69 Å². The highest BCUT2D eigenvalue weighted by Crippen LogP contribution is 2.34. The Kier molecular flexibility index (Phi) is 6.14. The quantitative estimate of drug-likeness (QED) is 0.544. The minimum Gasteiger partial charge on any atom is -0.497 e. The largest absolute Gasteiger partial charge is 0.497 e. The average Bonchev–Trinajstić information content (AvgIpc) is 3.48. The standard InChI is InChI=1S/C22H25N7O2.BrH/c1-14-8-15(2)26-22(25-14)28-12-16-10-27(11-17(16)13-28)21(30)19-5-4-18(31-3)9-20(19)29-23-6-7-24-29;/h4-9,16-17H,10-13H2,1-3H3;1H. The van der Waals surface area contributed by atoms with Crippen LogP contribution in [0.3, 0.4) is 0 Å². The van der Waals surface area contributed by atoms with Gasteiger partial charge in [-0.3, -0.25) is 4.79 Å². The summed E-state index contributed by atoms with van der Waals surface area (Å²) in [6.45, 7) is 7.18. The number of amides is 1. The molecule has 1 amide bonds. The second-order valence-corrected chi connectivity index (χ2v) is 8.29. The van der Waals surface area contributed by atoms with E-state index in [1.165, 1.54) is 4.80 Å². The molecule has 5 rings (SSSR count). The van der Waals surface area contributed by atoms with Crippen LogP contribution < -0.4 is 9.64 Å². The number of aryl methyl sites for hydroxylation is 2. The number of aromatic nitrogens is 5. The van der Waals surface area contributed by atoms with Gasteiger partial charge in [0.25, 0.3) is 5.91 Å². The third-order valence-electron chi connectivity index (χ3n) is 6.10. The van der Waals surface area contributed by atoms with E-state index in [1.54, 1.807) is 37.7 Å². The number of ether oxygens (including phenoxy) is 1. The van der Waals surface area contributed by atoms with Gasteiger partial charge in [0.15, 0.2) is 0 Å². The molecule has 0 aliphatic carbocycles. The molecule has 2 fully saturated rings. The zero-order valence-corrected chi connectivity index (χ0v) is 20.0. The lowest BCUT2D eigenvalue weighted by Gasteiger charge is -2.23. The summed E-state index contributed by atoms with van der Waals surface area (Å²) >= 11 is 0. The van der Waals surface area contributed by atoms with Crippen molar-refractivity contribution in [2.45, 2.75) is 13.8 Å². The van der Waals surface area contributed by atoms with Gasteiger partial charge in [-0.15, -0.1) is 17.0 Å². The fourth-order valence-corrected chi connectivity index (χ4v) is 4.67. The Morgan fingerprint density at radius 2 is 1.59 bits per heavy atom. The molecule has 0 saturated carbocycles. The van der Waals surface area contributed by atoms with E-state index in [0.29, 0.717) is 28.8 Å². The molecule has 0 N–H and O–H groups in total. The fraction of sp³-hybridized carbons (Fsp3) is 0.409. The van der Waals surface area contributed by atoms with E-state index in [2.05, 4.69) is 25.1 Å². The first-order chi connectivity index (χ1) is 15.0. The molecule has 9 nitrogen and oxygen atoms in total. The topological polar surface area (TPSA) is 89.3 Å². The lowest BCUT2D eigenvalue weighted by molar-refractivity contribution is 0.0782. The van der Waals surface area contributed by atoms with Crippen LogP contribution in [0.1, 0.15) is 21.7 Å². The van der Waals surface area contributed by atoms with Gasteiger partial charge in [0.1, 0.15) is 11.4 Å². The minimum atomic E-state index is -0.00134. The van der Waals surface area contributed by atoms with Gasteiger partial charge >= 0.3 is 0 Å². The first-order valence-corrected chi connectivity index (χ1v) is 10.4. The maximum absolute atomic E-state index is 13.4. The summed E-state index contributed by atoms with van der Waals surface area (Å²) in [5.41, 5.74) is 3.16. The van der Waals surface area contributed by atoms with Crippen molar-refractivity contribution in [2.75, 3.05) is 38.2 Å². The minimum absolute atomic E-state index is 0. The van der Waals surface area contributed by atoms with E-state index in [-0.39, 0.29) is 22.9 Å². The Bertz CT molecular complexity index is 1090. The Morgan fingerprint density at radius 3 is 2.19 bits per heavy atom. The van der Waals surface area contributed by atoms with Crippen LogP contribution in [0.4, 0.5) is 5.95 Å². The summed E-state index contributed by atoms with van der Waals surface area (Å²) in [6, 6.07) is 7.38. The zero-order valence-electron chi connectivity index (χ0n) is 18.3. The van der Waals surface area contributed by atoms with Crippen LogP contribution in [-0.4, -0.2) is 69.1 Å². The van der Waals surface area contributed by atoms with E-state index in [4.69, 9.17) is 4.74 Å². The molecule has 0 bridgehead atoms. The molecular weight excluding hydrogens is 474 g/mol. The molecule has 2 saturated heterocycles. The van der Waals surface area contributed by atoms with Crippen LogP contribution >= 0.6 is 17.0 Å². The van der Waals surface area contributed by atoms with Crippen LogP contribution in [-0.2, 0) is 0 Å². The number of methoxy groups -OCH3 is 1. The van der Waals surface area contributed by atoms with Crippen molar-refractivity contribution in [3.63, 3.8) is 0 Å². The van der Waals surface area contributed by atoms with Crippen molar-refractivity contribution in [1.82, 2.24) is 29.9 Å². The molecule has 3 aromatic rings. The lowest BCUT2D eigenvalue weighted by Crippen LogP contribution is -2.34. The van der Waals surface area contributed by atoms with E-state index in [9.17, 15) is 4.79 Å². The Hall–Kier alpha value is -3.01. The number of benzene rings is 1. The van der Waals surface area contributed by atoms with Gasteiger partial charge in [0, 0.05) is 55.5 Å². The second-order valence-electron chi connectivity index (χ2n) is 8.29.